The Morgan fingerprint density at radius 2 is 1.77 bits per heavy atom. The highest BCUT2D eigenvalue weighted by Crippen LogP contribution is 2.21. The van der Waals surface area contributed by atoms with E-state index in [2.05, 4.69) is 16.5 Å². The zero-order chi connectivity index (χ0) is 14.4. The van der Waals surface area contributed by atoms with E-state index in [1.807, 2.05) is 18.8 Å². The summed E-state index contributed by atoms with van der Waals surface area (Å²) < 4.78 is 14.8. The normalized spacial score (nSPS) is 9.95. The Morgan fingerprint density at radius 1 is 1.09 bits per heavy atom. The van der Waals surface area contributed by atoms with Crippen molar-refractivity contribution in [1.29, 1.82) is 0 Å². The van der Waals surface area contributed by atoms with E-state index < -0.39 is 0 Å². The highest BCUT2D eigenvalue weighted by Gasteiger charge is 2.07. The lowest BCUT2D eigenvalue weighted by atomic mass is 10.1. The predicted molar refractivity (Wildman–Crippen MR) is 94.6 cm³/mol. The van der Waals surface area contributed by atoms with Crippen molar-refractivity contribution in [2.24, 2.45) is 7.05 Å². The fraction of sp³-hybridized carbons (Fsp3) is 0.438. The zero-order valence-corrected chi connectivity index (χ0v) is 14.6. The average Bonchev–Trinajstić information content (AvgIpc) is 2.81. The maximum Gasteiger partial charge on any atom is 0.123 e. The van der Waals surface area contributed by atoms with E-state index in [1.165, 1.54) is 25.0 Å². The number of aryl methyl sites for hydroxylation is 2. The number of aromatic nitrogens is 2. The summed E-state index contributed by atoms with van der Waals surface area (Å²) in [6.07, 6.45) is 4.57. The minimum atomic E-state index is -0.208. The van der Waals surface area contributed by atoms with Crippen LogP contribution < -0.4 is 5.32 Å². The third-order valence-corrected chi connectivity index (χ3v) is 3.43. The lowest BCUT2D eigenvalue weighted by Crippen LogP contribution is -2.07. The number of nitrogens with one attached hydrogen (secondary N) is 1. The van der Waals surface area contributed by atoms with Gasteiger partial charge in [-0.2, -0.15) is 5.10 Å². The number of benzene rings is 1. The first-order chi connectivity index (χ1) is 9.70. The Hall–Kier alpha value is -1.10. The van der Waals surface area contributed by atoms with Crippen LogP contribution in [0, 0.1) is 5.82 Å². The number of hydrogen-bond acceptors (Lipinski definition) is 2. The molecular weight excluding hydrogens is 324 g/mol. The molecule has 1 heterocycles. The van der Waals surface area contributed by atoms with Gasteiger partial charge in [0, 0.05) is 7.05 Å². The highest BCUT2D eigenvalue weighted by molar-refractivity contribution is 5.85. The number of nitrogens with zero attached hydrogens (tertiary/aromatic N) is 2. The van der Waals surface area contributed by atoms with E-state index in [0.717, 1.165) is 36.3 Å². The molecule has 0 aliphatic rings. The molecule has 0 aliphatic carbocycles. The predicted octanol–water partition coefficient (Wildman–Crippen LogP) is 4.00. The van der Waals surface area contributed by atoms with E-state index in [1.54, 1.807) is 12.1 Å². The van der Waals surface area contributed by atoms with Gasteiger partial charge in [-0.15, -0.1) is 24.8 Å². The molecule has 0 amide bonds. The van der Waals surface area contributed by atoms with Crippen LogP contribution in [0.1, 0.15) is 25.0 Å². The molecule has 3 nitrogen and oxygen atoms in total. The summed E-state index contributed by atoms with van der Waals surface area (Å²) in [4.78, 5) is 0. The van der Waals surface area contributed by atoms with Crippen LogP contribution in [-0.4, -0.2) is 23.4 Å². The Kier molecular flexibility index (Phi) is 10.1. The molecule has 1 aromatic carbocycles. The van der Waals surface area contributed by atoms with Gasteiger partial charge in [-0.25, -0.2) is 4.39 Å². The average molecular weight is 348 g/mol. The summed E-state index contributed by atoms with van der Waals surface area (Å²) >= 11 is 0. The zero-order valence-electron chi connectivity index (χ0n) is 13.0. The van der Waals surface area contributed by atoms with Gasteiger partial charge in [0.25, 0.3) is 0 Å². The topological polar surface area (TPSA) is 29.9 Å². The standard InChI is InChI=1S/C16H22FN3.2ClH/c1-18-11-5-3-4-6-15-12-16(20(2)19-15)13-7-9-14(17)10-8-13;;/h7-10,12,18H,3-6,11H2,1-2H3;2*1H. The van der Waals surface area contributed by atoms with Crippen LogP contribution in [0.4, 0.5) is 4.39 Å². The molecule has 0 spiro atoms. The number of halogens is 3. The van der Waals surface area contributed by atoms with Crippen LogP contribution in [0.25, 0.3) is 11.3 Å². The molecule has 0 aliphatic heterocycles. The largest absolute Gasteiger partial charge is 0.320 e. The number of hydrogen-bond donors (Lipinski definition) is 1. The van der Waals surface area contributed by atoms with Gasteiger partial charge in [-0.1, -0.05) is 6.42 Å². The van der Waals surface area contributed by atoms with E-state index in [0.29, 0.717) is 0 Å². The van der Waals surface area contributed by atoms with Crippen molar-refractivity contribution in [3.05, 3.63) is 41.8 Å². The molecule has 1 N–H and O–H groups in total. The van der Waals surface area contributed by atoms with Crippen LogP contribution >= 0.6 is 24.8 Å². The third-order valence-electron chi connectivity index (χ3n) is 3.43. The van der Waals surface area contributed by atoms with Crippen LogP contribution in [0.3, 0.4) is 0 Å². The molecule has 22 heavy (non-hydrogen) atoms. The van der Waals surface area contributed by atoms with Gasteiger partial charge in [0.05, 0.1) is 11.4 Å². The Morgan fingerprint density at radius 3 is 2.41 bits per heavy atom. The minimum Gasteiger partial charge on any atom is -0.320 e. The van der Waals surface area contributed by atoms with Crippen molar-refractivity contribution in [3.63, 3.8) is 0 Å². The molecule has 124 valence electrons. The summed E-state index contributed by atoms with van der Waals surface area (Å²) in [7, 11) is 3.91. The molecule has 0 bridgehead atoms. The van der Waals surface area contributed by atoms with Gasteiger partial charge in [-0.3, -0.25) is 4.68 Å². The smallest absolute Gasteiger partial charge is 0.123 e. The first-order valence-electron chi connectivity index (χ1n) is 7.14. The van der Waals surface area contributed by atoms with Crippen LogP contribution in [0.5, 0.6) is 0 Å². The number of rotatable bonds is 7. The quantitative estimate of drug-likeness (QED) is 0.767. The van der Waals surface area contributed by atoms with Gasteiger partial charge >= 0.3 is 0 Å². The summed E-state index contributed by atoms with van der Waals surface area (Å²) in [6, 6.07) is 8.66. The van der Waals surface area contributed by atoms with Crippen molar-refractivity contribution < 1.29 is 4.39 Å². The van der Waals surface area contributed by atoms with Gasteiger partial charge in [0.2, 0.25) is 0 Å². The molecule has 0 saturated carbocycles. The highest BCUT2D eigenvalue weighted by atomic mass is 35.5. The Labute approximate surface area is 144 Å². The summed E-state index contributed by atoms with van der Waals surface area (Å²) in [5, 5.41) is 7.69. The third kappa shape index (κ3) is 5.95. The van der Waals surface area contributed by atoms with E-state index >= 15 is 0 Å². The second kappa shape index (κ2) is 10.6. The SMILES string of the molecule is CNCCCCCc1cc(-c2ccc(F)cc2)n(C)n1.Cl.Cl. The molecule has 0 radical (unpaired) electrons. The van der Waals surface area contributed by atoms with Gasteiger partial charge in [0.15, 0.2) is 0 Å². The molecule has 2 aromatic rings. The molecule has 6 heteroatoms. The second-order valence-corrected chi connectivity index (χ2v) is 5.07. The van der Waals surface area contributed by atoms with Crippen molar-refractivity contribution in [1.82, 2.24) is 15.1 Å². The Balaban J connectivity index is 0.00000220. The second-order valence-electron chi connectivity index (χ2n) is 5.07. The van der Waals surface area contributed by atoms with Gasteiger partial charge in [0.1, 0.15) is 5.82 Å². The van der Waals surface area contributed by atoms with E-state index in [-0.39, 0.29) is 30.6 Å². The van der Waals surface area contributed by atoms with Crippen molar-refractivity contribution in [2.75, 3.05) is 13.6 Å². The molecule has 0 atom stereocenters. The van der Waals surface area contributed by atoms with Crippen LogP contribution in [0.2, 0.25) is 0 Å². The van der Waals surface area contributed by atoms with Gasteiger partial charge < -0.3 is 5.32 Å². The molecular formula is C16H24Cl2FN3. The maximum atomic E-state index is 12.9. The van der Waals surface area contributed by atoms with Crippen LogP contribution in [-0.2, 0) is 13.5 Å². The molecule has 1 aromatic heterocycles. The summed E-state index contributed by atoms with van der Waals surface area (Å²) in [5.74, 6) is -0.208. The molecule has 0 fully saturated rings. The van der Waals surface area contributed by atoms with Crippen molar-refractivity contribution in [3.8, 4) is 11.3 Å². The van der Waals surface area contributed by atoms with Crippen molar-refractivity contribution >= 4 is 24.8 Å². The van der Waals surface area contributed by atoms with Gasteiger partial charge in [-0.05, 0) is 68.8 Å². The fourth-order valence-electron chi connectivity index (χ4n) is 2.32. The van der Waals surface area contributed by atoms with E-state index in [4.69, 9.17) is 0 Å². The first-order valence-corrected chi connectivity index (χ1v) is 7.14. The maximum absolute atomic E-state index is 12.9. The summed E-state index contributed by atoms with van der Waals surface area (Å²) in [5.41, 5.74) is 3.15. The van der Waals surface area contributed by atoms with Crippen molar-refractivity contribution in [2.45, 2.75) is 25.7 Å². The van der Waals surface area contributed by atoms with Crippen LogP contribution in [0.15, 0.2) is 30.3 Å². The fourth-order valence-corrected chi connectivity index (χ4v) is 2.32. The first kappa shape index (κ1) is 20.9. The minimum absolute atomic E-state index is 0. The summed E-state index contributed by atoms with van der Waals surface area (Å²) in [6.45, 7) is 1.07. The Bertz CT molecular complexity index is 541. The molecule has 0 unspecified atom stereocenters. The monoisotopic (exact) mass is 347 g/mol. The lowest BCUT2D eigenvalue weighted by Gasteiger charge is -2.00. The molecule has 0 saturated heterocycles. The molecule has 2 rings (SSSR count). The van der Waals surface area contributed by atoms with E-state index in [9.17, 15) is 4.39 Å². The lowest BCUT2D eigenvalue weighted by molar-refractivity contribution is 0.627. The number of unbranched alkanes of at least 4 members (excludes halogenated alkanes) is 2.